The molecule has 0 unspecified atom stereocenters. The largest absolute Gasteiger partial charge is 0.394 e. The Morgan fingerprint density at radius 3 is 2.91 bits per heavy atom. The smallest absolute Gasteiger partial charge is 0.257 e. The van der Waals surface area contributed by atoms with Crippen molar-refractivity contribution in [2.24, 2.45) is 5.92 Å². The summed E-state index contributed by atoms with van der Waals surface area (Å²) in [5.41, 5.74) is 2.85. The molecule has 1 aromatic carbocycles. The molecular formula is C18H23N3O2. The van der Waals surface area contributed by atoms with Gasteiger partial charge in [0.05, 0.1) is 24.4 Å². The molecule has 0 aliphatic carbocycles. The topological polar surface area (TPSA) is 58.4 Å². The monoisotopic (exact) mass is 313 g/mol. The van der Waals surface area contributed by atoms with Gasteiger partial charge in [0.15, 0.2) is 0 Å². The number of amides is 1. The second kappa shape index (κ2) is 6.54. The van der Waals surface area contributed by atoms with Crippen molar-refractivity contribution < 1.29 is 9.90 Å². The van der Waals surface area contributed by atoms with Gasteiger partial charge in [0.1, 0.15) is 0 Å². The van der Waals surface area contributed by atoms with Crippen LogP contribution in [0.4, 0.5) is 0 Å². The Bertz CT molecular complexity index is 693. The molecule has 0 saturated heterocycles. The summed E-state index contributed by atoms with van der Waals surface area (Å²) in [6.45, 7) is 5.58. The lowest BCUT2D eigenvalue weighted by atomic mass is 9.92. The first kappa shape index (κ1) is 15.7. The first-order valence-corrected chi connectivity index (χ1v) is 8.12. The number of nitrogens with zero attached hydrogens (tertiary/aromatic N) is 3. The summed E-state index contributed by atoms with van der Waals surface area (Å²) in [4.78, 5) is 14.6. The Hall–Kier alpha value is -2.14. The first-order valence-electron chi connectivity index (χ1n) is 8.12. The second-order valence-electron chi connectivity index (χ2n) is 6.49. The third-order valence-electron chi connectivity index (χ3n) is 4.28. The minimum atomic E-state index is -0.277. The molecule has 122 valence electrons. The van der Waals surface area contributed by atoms with Crippen molar-refractivity contribution in [1.29, 1.82) is 0 Å². The summed E-state index contributed by atoms with van der Waals surface area (Å²) in [6, 6.07) is 7.75. The summed E-state index contributed by atoms with van der Waals surface area (Å²) in [5.74, 6) is 0.415. The molecule has 3 rings (SSSR count). The molecule has 1 aliphatic rings. The molecule has 0 bridgehead atoms. The maximum absolute atomic E-state index is 12.8. The first-order chi connectivity index (χ1) is 11.1. The van der Waals surface area contributed by atoms with E-state index in [4.69, 9.17) is 0 Å². The highest BCUT2D eigenvalue weighted by molar-refractivity contribution is 5.94. The lowest BCUT2D eigenvalue weighted by Crippen LogP contribution is -2.41. The number of carbonyl (C=O) groups is 1. The maximum Gasteiger partial charge on any atom is 0.257 e. The molecule has 2 aromatic rings. The molecule has 23 heavy (non-hydrogen) atoms. The van der Waals surface area contributed by atoms with E-state index in [1.165, 1.54) is 5.56 Å². The van der Waals surface area contributed by atoms with Crippen LogP contribution in [0.3, 0.4) is 0 Å². The number of hydrogen-bond donors (Lipinski definition) is 1. The van der Waals surface area contributed by atoms with Crippen LogP contribution in [0.15, 0.2) is 36.7 Å². The van der Waals surface area contributed by atoms with E-state index >= 15 is 0 Å². The number of carbonyl (C=O) groups excluding carboxylic acids is 1. The number of rotatable bonds is 4. The van der Waals surface area contributed by atoms with Gasteiger partial charge in [-0.25, -0.2) is 0 Å². The van der Waals surface area contributed by atoms with Crippen LogP contribution in [-0.4, -0.2) is 38.8 Å². The van der Waals surface area contributed by atoms with Gasteiger partial charge in [-0.15, -0.1) is 0 Å². The molecule has 5 nitrogen and oxygen atoms in total. The van der Waals surface area contributed by atoms with Crippen molar-refractivity contribution in [2.75, 3.05) is 13.2 Å². The molecule has 0 radical (unpaired) electrons. The normalized spacial score (nSPS) is 17.4. The zero-order chi connectivity index (χ0) is 16.4. The Balaban J connectivity index is 1.83. The lowest BCUT2D eigenvalue weighted by Gasteiger charge is -2.36. The van der Waals surface area contributed by atoms with Crippen LogP contribution in [-0.2, 0) is 13.0 Å². The number of fused-ring (bicyclic) bond motifs is 1. The fraction of sp³-hybridized carbons (Fsp3) is 0.444. The number of aliphatic hydroxyl groups excluding tert-OH is 1. The fourth-order valence-electron chi connectivity index (χ4n) is 3.21. The molecule has 1 atom stereocenters. The van der Waals surface area contributed by atoms with Crippen LogP contribution in [0, 0.1) is 5.92 Å². The molecule has 1 aliphatic heterocycles. The zero-order valence-electron chi connectivity index (χ0n) is 13.6. The number of aliphatic hydroxyl groups is 1. The van der Waals surface area contributed by atoms with Crippen molar-refractivity contribution >= 4 is 5.91 Å². The Morgan fingerprint density at radius 2 is 2.17 bits per heavy atom. The summed E-state index contributed by atoms with van der Waals surface area (Å²) < 4.78 is 1.81. The van der Waals surface area contributed by atoms with Crippen LogP contribution < -0.4 is 0 Å². The third-order valence-corrected chi connectivity index (χ3v) is 4.28. The molecule has 1 N–H and O–H groups in total. The van der Waals surface area contributed by atoms with Crippen LogP contribution in [0.2, 0.25) is 0 Å². The van der Waals surface area contributed by atoms with E-state index in [9.17, 15) is 9.90 Å². The van der Waals surface area contributed by atoms with Gasteiger partial charge in [0.25, 0.3) is 5.91 Å². The van der Waals surface area contributed by atoms with Gasteiger partial charge < -0.3 is 10.0 Å². The second-order valence-corrected chi connectivity index (χ2v) is 6.49. The summed E-state index contributed by atoms with van der Waals surface area (Å²) in [5, 5.41) is 14.1. The quantitative estimate of drug-likeness (QED) is 0.942. The van der Waals surface area contributed by atoms with Crippen molar-refractivity contribution in [2.45, 2.75) is 32.9 Å². The highest BCUT2D eigenvalue weighted by Gasteiger charge is 2.31. The van der Waals surface area contributed by atoms with Gasteiger partial charge in [0.2, 0.25) is 0 Å². The molecular weight excluding hydrogens is 290 g/mol. The van der Waals surface area contributed by atoms with Crippen LogP contribution in [0.25, 0.3) is 0 Å². The van der Waals surface area contributed by atoms with E-state index < -0.39 is 0 Å². The zero-order valence-corrected chi connectivity index (χ0v) is 13.6. The number of aromatic nitrogens is 2. The van der Waals surface area contributed by atoms with Gasteiger partial charge >= 0.3 is 0 Å². The van der Waals surface area contributed by atoms with Gasteiger partial charge in [-0.3, -0.25) is 9.48 Å². The van der Waals surface area contributed by atoms with Gasteiger partial charge in [-0.05, 0) is 23.5 Å². The van der Waals surface area contributed by atoms with Crippen molar-refractivity contribution in [3.8, 4) is 0 Å². The fourth-order valence-corrected chi connectivity index (χ4v) is 3.21. The summed E-state index contributed by atoms with van der Waals surface area (Å²) in [6.07, 6.45) is 4.25. The van der Waals surface area contributed by atoms with Gasteiger partial charge in [-0.1, -0.05) is 38.1 Å². The van der Waals surface area contributed by atoms with Crippen molar-refractivity contribution in [3.05, 3.63) is 53.3 Å². The molecule has 0 fully saturated rings. The van der Waals surface area contributed by atoms with Gasteiger partial charge in [0, 0.05) is 19.3 Å². The Morgan fingerprint density at radius 1 is 1.39 bits per heavy atom. The van der Waals surface area contributed by atoms with E-state index in [1.807, 2.05) is 22.9 Å². The number of benzene rings is 1. The molecule has 5 heteroatoms. The van der Waals surface area contributed by atoms with Crippen molar-refractivity contribution in [3.63, 3.8) is 0 Å². The molecule has 0 spiro atoms. The van der Waals surface area contributed by atoms with Crippen molar-refractivity contribution in [1.82, 2.24) is 14.7 Å². The van der Waals surface area contributed by atoms with E-state index in [0.29, 0.717) is 18.0 Å². The Kier molecular flexibility index (Phi) is 4.48. The SMILES string of the molecule is CC(C)Cn1cc(C(=O)N2CCc3ccccc3[C@H]2CO)cn1. The predicted octanol–water partition coefficient (Wildman–Crippen LogP) is 2.27. The van der Waals surface area contributed by atoms with E-state index in [2.05, 4.69) is 25.0 Å². The molecule has 1 amide bonds. The van der Waals surface area contributed by atoms with E-state index in [1.54, 1.807) is 17.3 Å². The van der Waals surface area contributed by atoms with E-state index in [-0.39, 0.29) is 18.6 Å². The highest BCUT2D eigenvalue weighted by Crippen LogP contribution is 2.30. The van der Waals surface area contributed by atoms with Gasteiger partial charge in [-0.2, -0.15) is 5.10 Å². The van der Waals surface area contributed by atoms with Crippen LogP contribution in [0.1, 0.15) is 41.4 Å². The average molecular weight is 313 g/mol. The molecule has 0 saturated carbocycles. The minimum Gasteiger partial charge on any atom is -0.394 e. The Labute approximate surface area is 136 Å². The average Bonchev–Trinajstić information content (AvgIpc) is 3.00. The van der Waals surface area contributed by atoms with Crippen LogP contribution >= 0.6 is 0 Å². The lowest BCUT2D eigenvalue weighted by molar-refractivity contribution is 0.0568. The highest BCUT2D eigenvalue weighted by atomic mass is 16.3. The summed E-state index contributed by atoms with van der Waals surface area (Å²) >= 11 is 0. The van der Waals surface area contributed by atoms with Crippen LogP contribution in [0.5, 0.6) is 0 Å². The maximum atomic E-state index is 12.8. The standard InChI is InChI=1S/C18H23N3O2/c1-13(2)10-20-11-15(9-19-20)18(23)21-8-7-14-5-3-4-6-16(14)17(21)12-22/h3-6,9,11,13,17,22H,7-8,10,12H2,1-2H3/t17-/m1/s1. The molecule has 2 heterocycles. The predicted molar refractivity (Wildman–Crippen MR) is 88.1 cm³/mol. The minimum absolute atomic E-state index is 0.0615. The number of hydrogen-bond acceptors (Lipinski definition) is 3. The van der Waals surface area contributed by atoms with E-state index in [0.717, 1.165) is 18.5 Å². The summed E-state index contributed by atoms with van der Waals surface area (Å²) in [7, 11) is 0. The molecule has 1 aromatic heterocycles. The third kappa shape index (κ3) is 3.15.